The lowest BCUT2D eigenvalue weighted by Gasteiger charge is -2.22. The van der Waals surface area contributed by atoms with E-state index in [4.69, 9.17) is 0 Å². The summed E-state index contributed by atoms with van der Waals surface area (Å²) in [5, 5.41) is 1.19. The first-order valence-corrected chi connectivity index (χ1v) is 16.8. The van der Waals surface area contributed by atoms with Gasteiger partial charge in [0.2, 0.25) is 0 Å². The molecule has 2 aliphatic rings. The zero-order valence-electron chi connectivity index (χ0n) is 27.9. The van der Waals surface area contributed by atoms with E-state index in [0.29, 0.717) is 0 Å². The highest BCUT2D eigenvalue weighted by molar-refractivity contribution is 6.01. The predicted octanol–water partition coefficient (Wildman–Crippen LogP) is 12.0. The second-order valence-electron chi connectivity index (χ2n) is 12.5. The van der Waals surface area contributed by atoms with Gasteiger partial charge in [0.05, 0.1) is 11.4 Å². The molecule has 1 nitrogen and oxygen atoms in total. The fraction of sp³-hybridized carbons (Fsp3) is 0.128. The molecule has 5 aromatic rings. The second-order valence-corrected chi connectivity index (χ2v) is 12.5. The van der Waals surface area contributed by atoms with E-state index in [0.717, 1.165) is 29.5 Å². The Bertz CT molecular complexity index is 2270. The number of hydrogen-bond acceptors (Lipinski definition) is 1. The van der Waals surface area contributed by atoms with Gasteiger partial charge in [0.25, 0.3) is 0 Å². The molecule has 48 heavy (non-hydrogen) atoms. The first-order valence-electron chi connectivity index (χ1n) is 16.8. The number of nitrogens with zero attached hydrogens (tertiary/aromatic N) is 1. The van der Waals surface area contributed by atoms with Gasteiger partial charge in [0.1, 0.15) is 0 Å². The van der Waals surface area contributed by atoms with Crippen LogP contribution in [-0.4, -0.2) is 4.98 Å². The number of benzene rings is 4. The molecule has 0 radical (unpaired) electrons. The number of pyridine rings is 1. The predicted molar refractivity (Wildman–Crippen MR) is 205 cm³/mol. The van der Waals surface area contributed by atoms with Crippen LogP contribution in [-0.2, 0) is 6.42 Å². The van der Waals surface area contributed by atoms with Gasteiger partial charge in [-0.1, -0.05) is 135 Å². The van der Waals surface area contributed by atoms with Gasteiger partial charge in [0, 0.05) is 11.6 Å². The second kappa shape index (κ2) is 13.6. The maximum atomic E-state index is 4.62. The Balaban J connectivity index is 1.20. The van der Waals surface area contributed by atoms with Crippen LogP contribution in [0.1, 0.15) is 49.4 Å². The van der Waals surface area contributed by atoms with Crippen molar-refractivity contribution in [3.8, 4) is 34.1 Å². The molecular formula is C47H39N. The molecule has 1 unspecified atom stereocenters. The van der Waals surface area contributed by atoms with Crippen molar-refractivity contribution in [2.45, 2.75) is 33.6 Å². The average molecular weight is 618 g/mol. The Hall–Kier alpha value is -5.71. The van der Waals surface area contributed by atoms with Crippen LogP contribution in [0.5, 0.6) is 0 Å². The third-order valence-electron chi connectivity index (χ3n) is 9.61. The number of rotatable bonds is 7. The Kier molecular flexibility index (Phi) is 8.74. The van der Waals surface area contributed by atoms with Crippen LogP contribution in [0.25, 0.3) is 44.3 Å². The highest BCUT2D eigenvalue weighted by Crippen LogP contribution is 2.45. The van der Waals surface area contributed by atoms with Gasteiger partial charge in [0.15, 0.2) is 0 Å². The van der Waals surface area contributed by atoms with Gasteiger partial charge in [-0.05, 0) is 117 Å². The SMILES string of the molecule is C=C(/C=C\C1=C(CC)C(C#CC)/C(=C\C=C(/C)c2ccc3c(c2)-c2c(cccc2-c2cccc4ncccc24)C3)C=C1)c1ccccc1. The number of allylic oxidation sites excluding steroid dienone is 11. The first kappa shape index (κ1) is 30.9. The van der Waals surface area contributed by atoms with E-state index in [1.165, 1.54) is 66.6 Å². The highest BCUT2D eigenvalue weighted by Gasteiger charge is 2.24. The third kappa shape index (κ3) is 5.94. The summed E-state index contributed by atoms with van der Waals surface area (Å²) in [6.45, 7) is 10.7. The molecule has 0 aliphatic heterocycles. The van der Waals surface area contributed by atoms with Gasteiger partial charge in [-0.3, -0.25) is 4.98 Å². The Morgan fingerprint density at radius 1 is 0.854 bits per heavy atom. The monoisotopic (exact) mass is 617 g/mol. The zero-order valence-corrected chi connectivity index (χ0v) is 27.9. The van der Waals surface area contributed by atoms with Crippen LogP contribution in [0, 0.1) is 17.8 Å². The molecule has 0 saturated heterocycles. The molecule has 1 heteroatoms. The molecule has 0 saturated carbocycles. The van der Waals surface area contributed by atoms with E-state index in [1.54, 1.807) is 0 Å². The summed E-state index contributed by atoms with van der Waals surface area (Å²) in [5.41, 5.74) is 17.4. The molecule has 0 amide bonds. The Morgan fingerprint density at radius 2 is 1.69 bits per heavy atom. The fourth-order valence-electron chi connectivity index (χ4n) is 7.09. The van der Waals surface area contributed by atoms with Gasteiger partial charge in [-0.25, -0.2) is 0 Å². The van der Waals surface area contributed by atoms with Crippen molar-refractivity contribution in [2.75, 3.05) is 0 Å². The number of aromatic nitrogens is 1. The topological polar surface area (TPSA) is 12.9 Å². The molecule has 1 aromatic heterocycles. The molecule has 0 spiro atoms. The number of fused-ring (bicyclic) bond motifs is 4. The van der Waals surface area contributed by atoms with E-state index in [9.17, 15) is 0 Å². The van der Waals surface area contributed by atoms with E-state index in [2.05, 4.69) is 147 Å². The van der Waals surface area contributed by atoms with E-state index < -0.39 is 0 Å². The smallest absolute Gasteiger partial charge is 0.0708 e. The third-order valence-corrected chi connectivity index (χ3v) is 9.61. The van der Waals surface area contributed by atoms with E-state index >= 15 is 0 Å². The molecule has 0 fully saturated rings. The Labute approximate surface area is 285 Å². The average Bonchev–Trinajstić information content (AvgIpc) is 3.52. The maximum absolute atomic E-state index is 4.62. The van der Waals surface area contributed by atoms with Crippen molar-refractivity contribution in [3.63, 3.8) is 0 Å². The van der Waals surface area contributed by atoms with Gasteiger partial charge in [-0.2, -0.15) is 0 Å². The molecule has 1 heterocycles. The molecular weight excluding hydrogens is 579 g/mol. The number of hydrogen-bond donors (Lipinski definition) is 0. The molecule has 0 bridgehead atoms. The molecule has 232 valence electrons. The van der Waals surface area contributed by atoms with Crippen LogP contribution in [0.15, 0.2) is 163 Å². The van der Waals surface area contributed by atoms with Crippen molar-refractivity contribution in [3.05, 3.63) is 185 Å². The summed E-state index contributed by atoms with van der Waals surface area (Å²) < 4.78 is 0. The van der Waals surface area contributed by atoms with Crippen LogP contribution in [0.2, 0.25) is 0 Å². The molecule has 0 N–H and O–H groups in total. The summed E-state index contributed by atoms with van der Waals surface area (Å²) in [4.78, 5) is 4.62. The normalized spacial score (nSPS) is 16.3. The maximum Gasteiger partial charge on any atom is 0.0708 e. The highest BCUT2D eigenvalue weighted by atomic mass is 14.6. The molecule has 7 rings (SSSR count). The van der Waals surface area contributed by atoms with Crippen LogP contribution in [0.4, 0.5) is 0 Å². The first-order chi connectivity index (χ1) is 23.6. The van der Waals surface area contributed by atoms with Crippen molar-refractivity contribution in [2.24, 2.45) is 5.92 Å². The minimum Gasteiger partial charge on any atom is -0.256 e. The van der Waals surface area contributed by atoms with Crippen molar-refractivity contribution < 1.29 is 0 Å². The van der Waals surface area contributed by atoms with Crippen LogP contribution in [0.3, 0.4) is 0 Å². The summed E-state index contributed by atoms with van der Waals surface area (Å²) >= 11 is 0. The molecule has 4 aromatic carbocycles. The lowest BCUT2D eigenvalue weighted by molar-refractivity contribution is 0.859. The van der Waals surface area contributed by atoms with Crippen molar-refractivity contribution in [1.82, 2.24) is 4.98 Å². The quantitative estimate of drug-likeness (QED) is 0.128. The van der Waals surface area contributed by atoms with Crippen molar-refractivity contribution >= 4 is 22.0 Å². The minimum absolute atomic E-state index is 0.0586. The summed E-state index contributed by atoms with van der Waals surface area (Å²) in [5.74, 6) is 6.77. The lowest BCUT2D eigenvalue weighted by atomic mass is 9.81. The van der Waals surface area contributed by atoms with Gasteiger partial charge in [-0.15, -0.1) is 5.92 Å². The molecule has 1 atom stereocenters. The fourth-order valence-corrected chi connectivity index (χ4v) is 7.09. The summed E-state index contributed by atoms with van der Waals surface area (Å²) in [6, 6.07) is 34.7. The van der Waals surface area contributed by atoms with Gasteiger partial charge < -0.3 is 0 Å². The molecule has 2 aliphatic carbocycles. The minimum atomic E-state index is 0.0586. The summed E-state index contributed by atoms with van der Waals surface area (Å²) in [7, 11) is 0. The summed E-state index contributed by atoms with van der Waals surface area (Å²) in [6.07, 6.45) is 17.0. The lowest BCUT2D eigenvalue weighted by Crippen LogP contribution is -2.09. The van der Waals surface area contributed by atoms with Gasteiger partial charge >= 0.3 is 0 Å². The van der Waals surface area contributed by atoms with Crippen LogP contribution >= 0.6 is 0 Å². The van der Waals surface area contributed by atoms with E-state index in [-0.39, 0.29) is 5.92 Å². The zero-order chi connectivity index (χ0) is 33.0. The van der Waals surface area contributed by atoms with Crippen molar-refractivity contribution in [1.29, 1.82) is 0 Å². The van der Waals surface area contributed by atoms with Crippen LogP contribution < -0.4 is 0 Å². The standard InChI is InChI=1S/C47H39N/c1-5-13-41-36(26-25-35(40(41)6-2)23-21-32(3)34-14-8-7-9-15-34)24-22-33(4)37-27-28-38-30-39-16-10-18-44(47(39)45(38)31-37)42-17-11-20-46-43(42)19-12-29-48-46/h7-12,14-29,31,41H,3,6,30H2,1-2,4H3/b23-21-,33-22+,36-24-. The Morgan fingerprint density at radius 3 is 2.52 bits per heavy atom. The largest absolute Gasteiger partial charge is 0.256 e. The van der Waals surface area contributed by atoms with E-state index in [1.807, 2.05) is 37.4 Å².